The molecule has 1 aliphatic rings. The first-order valence-electron chi connectivity index (χ1n) is 8.17. The molecule has 1 fully saturated rings. The fourth-order valence-electron chi connectivity index (χ4n) is 3.11. The Kier molecular flexibility index (Phi) is 4.77. The van der Waals surface area contributed by atoms with Gasteiger partial charge in [-0.1, -0.05) is 19.3 Å². The number of H-pyrrole nitrogens is 1. The summed E-state index contributed by atoms with van der Waals surface area (Å²) >= 11 is 0. The highest BCUT2D eigenvalue weighted by atomic mass is 16.1. The van der Waals surface area contributed by atoms with Crippen LogP contribution in [0.1, 0.15) is 48.9 Å². The van der Waals surface area contributed by atoms with Crippen LogP contribution in [0.25, 0.3) is 11.0 Å². The minimum atomic E-state index is -0.186. The summed E-state index contributed by atoms with van der Waals surface area (Å²) in [7, 11) is 0. The van der Waals surface area contributed by atoms with Crippen LogP contribution in [0.3, 0.4) is 0 Å². The zero-order valence-corrected chi connectivity index (χ0v) is 13.1. The SMILES string of the molecule is N#CCCNC(=O)c1cnc2[nH]ccc2c1NC1CCCCC1. The second-order valence-electron chi connectivity index (χ2n) is 5.93. The quantitative estimate of drug-likeness (QED) is 0.740. The molecule has 2 heterocycles. The van der Waals surface area contributed by atoms with Gasteiger partial charge in [0.2, 0.25) is 0 Å². The molecule has 0 atom stereocenters. The molecule has 2 aromatic heterocycles. The molecule has 0 aromatic carbocycles. The summed E-state index contributed by atoms with van der Waals surface area (Å²) in [5.74, 6) is -0.186. The molecule has 2 aromatic rings. The molecule has 0 saturated heterocycles. The van der Waals surface area contributed by atoms with E-state index in [2.05, 4.69) is 20.6 Å². The van der Waals surface area contributed by atoms with Gasteiger partial charge < -0.3 is 15.6 Å². The van der Waals surface area contributed by atoms with Gasteiger partial charge in [0.25, 0.3) is 5.91 Å². The Morgan fingerprint density at radius 1 is 1.39 bits per heavy atom. The molecule has 3 N–H and O–H groups in total. The van der Waals surface area contributed by atoms with E-state index in [1.54, 1.807) is 6.20 Å². The number of anilines is 1. The largest absolute Gasteiger partial charge is 0.381 e. The standard InChI is InChI=1S/C17H21N5O/c18-8-4-9-20-17(23)14-11-21-16-13(7-10-19-16)15(14)22-12-5-2-1-3-6-12/h7,10-12H,1-6,9H2,(H,20,23)(H2,19,21,22). The summed E-state index contributed by atoms with van der Waals surface area (Å²) in [5.41, 5.74) is 2.16. The van der Waals surface area contributed by atoms with Gasteiger partial charge in [0.15, 0.2) is 0 Å². The number of nitrogens with one attached hydrogen (secondary N) is 3. The van der Waals surface area contributed by atoms with Crippen molar-refractivity contribution in [3.8, 4) is 6.07 Å². The summed E-state index contributed by atoms with van der Waals surface area (Å²) in [6, 6.07) is 4.37. The lowest BCUT2D eigenvalue weighted by molar-refractivity contribution is 0.0955. The lowest BCUT2D eigenvalue weighted by atomic mass is 9.95. The first-order chi connectivity index (χ1) is 11.3. The normalized spacial score (nSPS) is 15.3. The molecule has 0 aliphatic heterocycles. The highest BCUT2D eigenvalue weighted by Gasteiger charge is 2.20. The Morgan fingerprint density at radius 2 is 2.22 bits per heavy atom. The molecule has 0 bridgehead atoms. The lowest BCUT2D eigenvalue weighted by Crippen LogP contribution is -2.28. The number of fused-ring (bicyclic) bond motifs is 1. The van der Waals surface area contributed by atoms with Crippen LogP contribution in [-0.2, 0) is 0 Å². The Morgan fingerprint density at radius 3 is 3.00 bits per heavy atom. The molecule has 0 radical (unpaired) electrons. The summed E-state index contributed by atoms with van der Waals surface area (Å²) in [6.07, 6.45) is 9.73. The molecule has 1 aliphatic carbocycles. The van der Waals surface area contributed by atoms with Crippen molar-refractivity contribution < 1.29 is 4.79 Å². The minimum absolute atomic E-state index is 0.186. The number of aromatic nitrogens is 2. The molecular weight excluding hydrogens is 290 g/mol. The number of rotatable bonds is 5. The summed E-state index contributed by atoms with van der Waals surface area (Å²) < 4.78 is 0. The van der Waals surface area contributed by atoms with Crippen LogP contribution in [0, 0.1) is 11.3 Å². The predicted octanol–water partition coefficient (Wildman–Crippen LogP) is 2.95. The summed E-state index contributed by atoms with van der Waals surface area (Å²) in [4.78, 5) is 19.8. The molecule has 0 spiro atoms. The third kappa shape index (κ3) is 3.45. The number of hydrogen-bond acceptors (Lipinski definition) is 4. The average Bonchev–Trinajstić information content (AvgIpc) is 3.05. The second-order valence-corrected chi connectivity index (χ2v) is 5.93. The first kappa shape index (κ1) is 15.3. The van der Waals surface area contributed by atoms with Gasteiger partial charge in [-0.3, -0.25) is 4.79 Å². The lowest BCUT2D eigenvalue weighted by Gasteiger charge is -2.25. The van der Waals surface area contributed by atoms with E-state index in [4.69, 9.17) is 5.26 Å². The van der Waals surface area contributed by atoms with Gasteiger partial charge in [0.1, 0.15) is 5.65 Å². The van der Waals surface area contributed by atoms with Crippen molar-refractivity contribution in [3.05, 3.63) is 24.0 Å². The smallest absolute Gasteiger partial charge is 0.255 e. The number of hydrogen-bond donors (Lipinski definition) is 3. The van der Waals surface area contributed by atoms with Gasteiger partial charge in [0.05, 0.1) is 23.7 Å². The minimum Gasteiger partial charge on any atom is -0.381 e. The van der Waals surface area contributed by atoms with Gasteiger partial charge in [-0.25, -0.2) is 4.98 Å². The van der Waals surface area contributed by atoms with Crippen LogP contribution in [0.4, 0.5) is 5.69 Å². The van der Waals surface area contributed by atoms with E-state index < -0.39 is 0 Å². The number of carbonyl (C=O) groups is 1. The average molecular weight is 311 g/mol. The van der Waals surface area contributed by atoms with Crippen LogP contribution in [0.15, 0.2) is 18.5 Å². The van der Waals surface area contributed by atoms with Crippen molar-refractivity contribution in [1.82, 2.24) is 15.3 Å². The molecule has 23 heavy (non-hydrogen) atoms. The number of nitrogens with zero attached hydrogens (tertiary/aromatic N) is 2. The van der Waals surface area contributed by atoms with E-state index in [1.807, 2.05) is 18.3 Å². The van der Waals surface area contributed by atoms with Crippen molar-refractivity contribution in [2.24, 2.45) is 0 Å². The number of nitriles is 1. The number of carbonyl (C=O) groups excluding carboxylic acids is 1. The maximum absolute atomic E-state index is 12.4. The van der Waals surface area contributed by atoms with Crippen molar-refractivity contribution in [2.75, 3.05) is 11.9 Å². The fraction of sp³-hybridized carbons (Fsp3) is 0.471. The van der Waals surface area contributed by atoms with E-state index >= 15 is 0 Å². The molecule has 3 rings (SSSR count). The van der Waals surface area contributed by atoms with E-state index in [9.17, 15) is 4.79 Å². The van der Waals surface area contributed by atoms with Crippen LogP contribution in [0.2, 0.25) is 0 Å². The third-order valence-corrected chi connectivity index (χ3v) is 4.31. The van der Waals surface area contributed by atoms with Crippen LogP contribution < -0.4 is 10.6 Å². The molecule has 6 heteroatoms. The van der Waals surface area contributed by atoms with Crippen molar-refractivity contribution in [2.45, 2.75) is 44.6 Å². The summed E-state index contributed by atoms with van der Waals surface area (Å²) in [5, 5.41) is 15.9. The summed E-state index contributed by atoms with van der Waals surface area (Å²) in [6.45, 7) is 0.351. The maximum Gasteiger partial charge on any atom is 0.255 e. The molecule has 1 amide bonds. The number of amides is 1. The van der Waals surface area contributed by atoms with E-state index in [0.717, 1.165) is 29.6 Å². The van der Waals surface area contributed by atoms with Gasteiger partial charge in [-0.2, -0.15) is 5.26 Å². The highest BCUT2D eigenvalue weighted by Crippen LogP contribution is 2.29. The van der Waals surface area contributed by atoms with Crippen LogP contribution in [0.5, 0.6) is 0 Å². The second kappa shape index (κ2) is 7.14. The molecule has 0 unspecified atom stereocenters. The third-order valence-electron chi connectivity index (χ3n) is 4.31. The van der Waals surface area contributed by atoms with E-state index in [1.165, 1.54) is 19.3 Å². The maximum atomic E-state index is 12.4. The Bertz CT molecular complexity index is 724. The van der Waals surface area contributed by atoms with Crippen molar-refractivity contribution in [1.29, 1.82) is 5.26 Å². The molecule has 6 nitrogen and oxygen atoms in total. The molecule has 120 valence electrons. The van der Waals surface area contributed by atoms with Gasteiger partial charge in [0, 0.05) is 30.4 Å². The molecule has 1 saturated carbocycles. The topological polar surface area (TPSA) is 93.6 Å². The highest BCUT2D eigenvalue weighted by molar-refractivity contribution is 6.06. The monoisotopic (exact) mass is 311 g/mol. The van der Waals surface area contributed by atoms with E-state index in [-0.39, 0.29) is 5.91 Å². The van der Waals surface area contributed by atoms with Gasteiger partial charge in [-0.15, -0.1) is 0 Å². The van der Waals surface area contributed by atoms with Gasteiger partial charge in [-0.05, 0) is 18.9 Å². The van der Waals surface area contributed by atoms with Crippen LogP contribution in [-0.4, -0.2) is 28.5 Å². The van der Waals surface area contributed by atoms with Gasteiger partial charge >= 0.3 is 0 Å². The predicted molar refractivity (Wildman–Crippen MR) is 89.2 cm³/mol. The van der Waals surface area contributed by atoms with Crippen molar-refractivity contribution >= 4 is 22.6 Å². The van der Waals surface area contributed by atoms with Crippen LogP contribution >= 0.6 is 0 Å². The zero-order valence-electron chi connectivity index (χ0n) is 13.1. The fourth-order valence-corrected chi connectivity index (χ4v) is 3.11. The first-order valence-corrected chi connectivity index (χ1v) is 8.17. The number of aromatic amines is 1. The zero-order chi connectivity index (χ0) is 16.1. The number of pyridine rings is 1. The Hall–Kier alpha value is -2.55. The van der Waals surface area contributed by atoms with E-state index in [0.29, 0.717) is 24.6 Å². The van der Waals surface area contributed by atoms with Crippen molar-refractivity contribution in [3.63, 3.8) is 0 Å². The molecular formula is C17H21N5O. The Balaban J connectivity index is 1.88. The Labute approximate surface area is 135 Å².